The number of nitrogens with zero attached hydrogens (tertiary/aromatic N) is 5. The van der Waals surface area contributed by atoms with Gasteiger partial charge in [0.05, 0.1) is 12.8 Å². The molecule has 1 amide bonds. The van der Waals surface area contributed by atoms with E-state index in [1.54, 1.807) is 18.0 Å². The van der Waals surface area contributed by atoms with Crippen molar-refractivity contribution in [1.82, 2.24) is 20.1 Å². The molecule has 1 saturated heterocycles. The van der Waals surface area contributed by atoms with Crippen LogP contribution in [0.1, 0.15) is 6.92 Å². The molecular formula is C18H22N6O4. The number of rotatable bonds is 4. The van der Waals surface area contributed by atoms with E-state index in [1.165, 1.54) is 0 Å². The van der Waals surface area contributed by atoms with Crippen LogP contribution in [0.15, 0.2) is 24.4 Å². The van der Waals surface area contributed by atoms with Gasteiger partial charge in [-0.05, 0) is 19.1 Å². The first-order valence-electron chi connectivity index (χ1n) is 9.26. The van der Waals surface area contributed by atoms with Gasteiger partial charge < -0.3 is 29.3 Å². The van der Waals surface area contributed by atoms with Gasteiger partial charge in [-0.15, -0.1) is 5.10 Å². The smallest absolute Gasteiger partial charge is 0.409 e. The van der Waals surface area contributed by atoms with Crippen LogP contribution < -0.4 is 19.7 Å². The van der Waals surface area contributed by atoms with Crippen LogP contribution in [0, 0.1) is 0 Å². The Morgan fingerprint density at radius 1 is 1.18 bits per heavy atom. The molecule has 0 aliphatic carbocycles. The fourth-order valence-electron chi connectivity index (χ4n) is 3.08. The second-order valence-corrected chi connectivity index (χ2v) is 6.29. The third-order valence-electron chi connectivity index (χ3n) is 4.47. The second kappa shape index (κ2) is 8.15. The van der Waals surface area contributed by atoms with Crippen LogP contribution in [-0.4, -0.2) is 72.2 Å². The van der Waals surface area contributed by atoms with Crippen LogP contribution in [0.2, 0.25) is 0 Å². The number of anilines is 3. The van der Waals surface area contributed by atoms with Crippen molar-refractivity contribution in [1.29, 1.82) is 0 Å². The van der Waals surface area contributed by atoms with Gasteiger partial charge in [0.1, 0.15) is 13.2 Å². The van der Waals surface area contributed by atoms with E-state index in [0.717, 1.165) is 11.4 Å². The summed E-state index contributed by atoms with van der Waals surface area (Å²) in [6, 6.07) is 5.58. The molecule has 2 aromatic rings. The Bertz CT molecular complexity index is 841. The predicted molar refractivity (Wildman–Crippen MR) is 101 cm³/mol. The number of aromatic nitrogens is 3. The number of hydrogen-bond acceptors (Lipinski definition) is 9. The monoisotopic (exact) mass is 386 g/mol. The van der Waals surface area contributed by atoms with Crippen LogP contribution >= 0.6 is 0 Å². The van der Waals surface area contributed by atoms with Crippen molar-refractivity contribution in [2.75, 3.05) is 56.2 Å². The molecule has 0 atom stereocenters. The van der Waals surface area contributed by atoms with Gasteiger partial charge in [0.25, 0.3) is 0 Å². The lowest BCUT2D eigenvalue weighted by Crippen LogP contribution is -2.49. The quantitative estimate of drug-likeness (QED) is 0.840. The number of ether oxygens (including phenoxy) is 3. The second-order valence-electron chi connectivity index (χ2n) is 6.29. The SMILES string of the molecule is CCOC(=O)N1CCN(c2cnnc(Nc3ccc4c(c3)OCCO4)n2)CC1. The molecule has 10 nitrogen and oxygen atoms in total. The summed E-state index contributed by atoms with van der Waals surface area (Å²) >= 11 is 0. The molecule has 3 heterocycles. The highest BCUT2D eigenvalue weighted by molar-refractivity contribution is 5.68. The van der Waals surface area contributed by atoms with Crippen molar-refractivity contribution < 1.29 is 19.0 Å². The van der Waals surface area contributed by atoms with Gasteiger partial charge in [0, 0.05) is 37.9 Å². The summed E-state index contributed by atoms with van der Waals surface area (Å²) in [6.45, 7) is 5.73. The zero-order chi connectivity index (χ0) is 19.3. The Morgan fingerprint density at radius 2 is 1.96 bits per heavy atom. The van der Waals surface area contributed by atoms with Crippen molar-refractivity contribution >= 4 is 23.5 Å². The highest BCUT2D eigenvalue weighted by Gasteiger charge is 2.23. The van der Waals surface area contributed by atoms with Crippen molar-refractivity contribution in [3.8, 4) is 11.5 Å². The van der Waals surface area contributed by atoms with Crippen LogP contribution in [0.4, 0.5) is 22.2 Å². The minimum Gasteiger partial charge on any atom is -0.486 e. The average molecular weight is 386 g/mol. The van der Waals surface area contributed by atoms with Crippen molar-refractivity contribution in [3.05, 3.63) is 24.4 Å². The molecule has 28 heavy (non-hydrogen) atoms. The molecule has 4 rings (SSSR count). The fraction of sp³-hybridized carbons (Fsp3) is 0.444. The zero-order valence-electron chi connectivity index (χ0n) is 15.6. The number of carbonyl (C=O) groups excluding carboxylic acids is 1. The molecule has 0 spiro atoms. The summed E-state index contributed by atoms with van der Waals surface area (Å²) in [5.74, 6) is 2.51. The standard InChI is InChI=1S/C18H22N6O4/c1-2-26-18(25)24-7-5-23(6-8-24)16-12-19-22-17(21-16)20-13-3-4-14-15(11-13)28-10-9-27-14/h3-4,11-12H,2,5-10H2,1H3,(H,20,21,22). The van der Waals surface area contributed by atoms with E-state index in [1.807, 2.05) is 18.2 Å². The van der Waals surface area contributed by atoms with Crippen molar-refractivity contribution in [3.63, 3.8) is 0 Å². The highest BCUT2D eigenvalue weighted by atomic mass is 16.6. The molecule has 1 aromatic carbocycles. The molecule has 0 saturated carbocycles. The van der Waals surface area contributed by atoms with Gasteiger partial charge in [-0.2, -0.15) is 10.1 Å². The molecule has 0 bridgehead atoms. The Kier molecular flexibility index (Phi) is 5.27. The molecule has 1 N–H and O–H groups in total. The summed E-state index contributed by atoms with van der Waals surface area (Å²) in [5, 5.41) is 11.2. The Labute approximate surface area is 162 Å². The summed E-state index contributed by atoms with van der Waals surface area (Å²) in [5.41, 5.74) is 0.787. The van der Waals surface area contributed by atoms with Crippen molar-refractivity contribution in [2.24, 2.45) is 0 Å². The molecule has 1 aromatic heterocycles. The zero-order valence-corrected chi connectivity index (χ0v) is 15.6. The van der Waals surface area contributed by atoms with Gasteiger partial charge in [-0.3, -0.25) is 0 Å². The first-order chi connectivity index (χ1) is 13.7. The number of piperazine rings is 1. The summed E-state index contributed by atoms with van der Waals surface area (Å²) in [6.07, 6.45) is 1.35. The van der Waals surface area contributed by atoms with E-state index >= 15 is 0 Å². The lowest BCUT2D eigenvalue weighted by atomic mass is 10.2. The van der Waals surface area contributed by atoms with E-state index in [-0.39, 0.29) is 6.09 Å². The topological polar surface area (TPSA) is 102 Å². The number of benzene rings is 1. The normalized spacial score (nSPS) is 15.9. The summed E-state index contributed by atoms with van der Waals surface area (Å²) in [4.78, 5) is 20.1. The minimum absolute atomic E-state index is 0.274. The molecule has 2 aliphatic rings. The maximum Gasteiger partial charge on any atom is 0.409 e. The number of nitrogens with one attached hydrogen (secondary N) is 1. The highest BCUT2D eigenvalue weighted by Crippen LogP contribution is 2.33. The average Bonchev–Trinajstić information content (AvgIpc) is 2.74. The van der Waals surface area contributed by atoms with Crippen LogP contribution in [0.25, 0.3) is 0 Å². The lowest BCUT2D eigenvalue weighted by Gasteiger charge is -2.34. The van der Waals surface area contributed by atoms with Gasteiger partial charge in [-0.25, -0.2) is 4.79 Å². The van der Waals surface area contributed by atoms with E-state index in [2.05, 4.69) is 25.4 Å². The Balaban J connectivity index is 1.40. The van der Waals surface area contributed by atoms with Crippen LogP contribution in [0.5, 0.6) is 11.5 Å². The molecule has 148 valence electrons. The van der Waals surface area contributed by atoms with E-state index in [0.29, 0.717) is 63.5 Å². The third kappa shape index (κ3) is 4.00. The third-order valence-corrected chi connectivity index (χ3v) is 4.47. The fourth-order valence-corrected chi connectivity index (χ4v) is 3.08. The van der Waals surface area contributed by atoms with E-state index in [9.17, 15) is 4.79 Å². The van der Waals surface area contributed by atoms with E-state index in [4.69, 9.17) is 14.2 Å². The lowest BCUT2D eigenvalue weighted by molar-refractivity contribution is 0.105. The maximum atomic E-state index is 11.8. The van der Waals surface area contributed by atoms with Crippen LogP contribution in [0.3, 0.4) is 0 Å². The Morgan fingerprint density at radius 3 is 2.75 bits per heavy atom. The predicted octanol–water partition coefficient (Wildman–Crippen LogP) is 1.66. The maximum absolute atomic E-state index is 11.8. The molecular weight excluding hydrogens is 364 g/mol. The van der Waals surface area contributed by atoms with Gasteiger partial charge in [0.15, 0.2) is 17.3 Å². The number of amides is 1. The van der Waals surface area contributed by atoms with Crippen molar-refractivity contribution in [2.45, 2.75) is 6.92 Å². The van der Waals surface area contributed by atoms with Crippen LogP contribution in [-0.2, 0) is 4.74 Å². The molecule has 1 fully saturated rings. The molecule has 2 aliphatic heterocycles. The number of hydrogen-bond donors (Lipinski definition) is 1. The number of fused-ring (bicyclic) bond motifs is 1. The molecule has 10 heteroatoms. The van der Waals surface area contributed by atoms with Gasteiger partial charge >= 0.3 is 6.09 Å². The first-order valence-corrected chi connectivity index (χ1v) is 9.26. The van der Waals surface area contributed by atoms with Gasteiger partial charge in [0.2, 0.25) is 5.95 Å². The molecule has 0 unspecified atom stereocenters. The first kappa shape index (κ1) is 18.1. The van der Waals surface area contributed by atoms with E-state index < -0.39 is 0 Å². The number of carbonyl (C=O) groups is 1. The Hall–Kier alpha value is -3.30. The van der Waals surface area contributed by atoms with Gasteiger partial charge in [-0.1, -0.05) is 0 Å². The molecule has 0 radical (unpaired) electrons. The summed E-state index contributed by atoms with van der Waals surface area (Å²) in [7, 11) is 0. The minimum atomic E-state index is -0.274. The largest absolute Gasteiger partial charge is 0.486 e. The summed E-state index contributed by atoms with van der Waals surface area (Å²) < 4.78 is 16.2.